The standard InChI is InChI=1S/C26H24F3N3O3/c1-14-17-7-3-4-8-18(17)19-9-5-6-10-22(19)32(26(14)35)31-25(34)15(2)30-13-23(33)16-11-20(27)24(29)21(28)12-16/h3-12,14-15,23,30,33H,13H2,1-2H3,(H,31,34)/t14?,15-,23+/m0/s1. The number of benzene rings is 3. The van der Waals surface area contributed by atoms with Gasteiger partial charge in [0.15, 0.2) is 17.5 Å². The number of hydrogen-bond donors (Lipinski definition) is 3. The number of para-hydroxylation sites is 1. The van der Waals surface area contributed by atoms with Crippen LogP contribution < -0.4 is 15.8 Å². The lowest BCUT2D eigenvalue weighted by Crippen LogP contribution is -2.53. The highest BCUT2D eigenvalue weighted by Gasteiger charge is 2.33. The Kier molecular flexibility index (Phi) is 6.90. The Labute approximate surface area is 200 Å². The number of nitrogens with one attached hydrogen (secondary N) is 2. The average Bonchev–Trinajstić information content (AvgIpc) is 2.95. The number of fused-ring (bicyclic) bond motifs is 3. The fraction of sp³-hybridized carbons (Fsp3) is 0.231. The number of nitrogens with zero attached hydrogens (tertiary/aromatic N) is 1. The van der Waals surface area contributed by atoms with E-state index in [1.54, 1.807) is 19.1 Å². The van der Waals surface area contributed by atoms with Crippen LogP contribution in [-0.2, 0) is 9.59 Å². The van der Waals surface area contributed by atoms with Crippen molar-refractivity contribution in [3.05, 3.63) is 89.2 Å². The predicted octanol–water partition coefficient (Wildman–Crippen LogP) is 3.96. The summed E-state index contributed by atoms with van der Waals surface area (Å²) in [7, 11) is 0. The van der Waals surface area contributed by atoms with Gasteiger partial charge in [0.1, 0.15) is 0 Å². The van der Waals surface area contributed by atoms with Crippen molar-refractivity contribution in [2.45, 2.75) is 31.9 Å². The Morgan fingerprint density at radius 3 is 2.31 bits per heavy atom. The van der Waals surface area contributed by atoms with Gasteiger partial charge in [0.05, 0.1) is 23.8 Å². The normalized spacial score (nSPS) is 16.7. The number of halogens is 3. The third-order valence-corrected chi connectivity index (χ3v) is 6.08. The molecule has 4 rings (SSSR count). The predicted molar refractivity (Wildman–Crippen MR) is 125 cm³/mol. The van der Waals surface area contributed by atoms with Crippen molar-refractivity contribution < 1.29 is 27.9 Å². The number of hydrogen-bond acceptors (Lipinski definition) is 4. The molecule has 182 valence electrons. The summed E-state index contributed by atoms with van der Waals surface area (Å²) < 4.78 is 40.1. The van der Waals surface area contributed by atoms with Gasteiger partial charge in [-0.1, -0.05) is 42.5 Å². The Bertz CT molecular complexity index is 1260. The first-order chi connectivity index (χ1) is 16.7. The van der Waals surface area contributed by atoms with E-state index < -0.39 is 41.4 Å². The summed E-state index contributed by atoms with van der Waals surface area (Å²) >= 11 is 0. The molecule has 1 unspecified atom stereocenters. The molecule has 3 aromatic rings. The number of aliphatic hydroxyl groups is 1. The van der Waals surface area contributed by atoms with Gasteiger partial charge in [-0.05, 0) is 48.7 Å². The van der Waals surface area contributed by atoms with E-state index in [2.05, 4.69) is 10.7 Å². The van der Waals surface area contributed by atoms with E-state index in [1.165, 1.54) is 11.9 Å². The molecule has 0 aliphatic carbocycles. The van der Waals surface area contributed by atoms with Gasteiger partial charge in [0, 0.05) is 12.1 Å². The third-order valence-electron chi connectivity index (χ3n) is 6.08. The highest BCUT2D eigenvalue weighted by atomic mass is 19.2. The van der Waals surface area contributed by atoms with Gasteiger partial charge >= 0.3 is 0 Å². The largest absolute Gasteiger partial charge is 0.387 e. The molecule has 1 aliphatic heterocycles. The molecule has 6 nitrogen and oxygen atoms in total. The van der Waals surface area contributed by atoms with Crippen LogP contribution in [0.4, 0.5) is 18.9 Å². The summed E-state index contributed by atoms with van der Waals surface area (Å²) in [6, 6.07) is 15.3. The second-order valence-electron chi connectivity index (χ2n) is 8.42. The maximum Gasteiger partial charge on any atom is 0.255 e. The summed E-state index contributed by atoms with van der Waals surface area (Å²) in [6.07, 6.45) is -1.40. The molecule has 3 aromatic carbocycles. The SMILES string of the molecule is CC1C(=O)N(NC(=O)[C@H](C)NC[C@@H](O)c2cc(F)c(F)c(F)c2)c2ccccc2-c2ccccc21. The molecule has 1 heterocycles. The molecular weight excluding hydrogens is 459 g/mol. The van der Waals surface area contributed by atoms with Gasteiger partial charge in [0.2, 0.25) is 0 Å². The van der Waals surface area contributed by atoms with Gasteiger partial charge in [-0.2, -0.15) is 0 Å². The first-order valence-electron chi connectivity index (χ1n) is 11.1. The minimum atomic E-state index is -1.62. The lowest BCUT2D eigenvalue weighted by molar-refractivity contribution is -0.127. The summed E-state index contributed by atoms with van der Waals surface area (Å²) in [4.78, 5) is 26.3. The zero-order valence-corrected chi connectivity index (χ0v) is 19.1. The number of anilines is 1. The van der Waals surface area contributed by atoms with E-state index in [1.807, 2.05) is 36.4 Å². The molecule has 3 atom stereocenters. The lowest BCUT2D eigenvalue weighted by Gasteiger charge is -2.27. The maximum absolute atomic E-state index is 13.5. The van der Waals surface area contributed by atoms with E-state index in [4.69, 9.17) is 0 Å². The van der Waals surface area contributed by atoms with Crippen molar-refractivity contribution in [2.75, 3.05) is 11.6 Å². The third kappa shape index (κ3) is 4.78. The maximum atomic E-state index is 13.5. The van der Waals surface area contributed by atoms with E-state index >= 15 is 0 Å². The lowest BCUT2D eigenvalue weighted by atomic mass is 9.92. The topological polar surface area (TPSA) is 81.7 Å². The number of carbonyl (C=O) groups excluding carboxylic acids is 2. The molecule has 0 saturated carbocycles. The fourth-order valence-corrected chi connectivity index (χ4v) is 4.05. The average molecular weight is 483 g/mol. The van der Waals surface area contributed by atoms with Crippen LogP contribution in [0.2, 0.25) is 0 Å². The van der Waals surface area contributed by atoms with E-state index in [0.29, 0.717) is 17.8 Å². The molecule has 3 N–H and O–H groups in total. The van der Waals surface area contributed by atoms with Crippen LogP contribution in [0.3, 0.4) is 0 Å². The van der Waals surface area contributed by atoms with Crippen molar-refractivity contribution in [2.24, 2.45) is 0 Å². The molecular formula is C26H24F3N3O3. The molecule has 1 aliphatic rings. The first-order valence-corrected chi connectivity index (χ1v) is 11.1. The Hall–Kier alpha value is -3.69. The van der Waals surface area contributed by atoms with Crippen molar-refractivity contribution in [3.8, 4) is 11.1 Å². The minimum absolute atomic E-state index is 0.176. The van der Waals surface area contributed by atoms with E-state index in [0.717, 1.165) is 16.7 Å². The van der Waals surface area contributed by atoms with Crippen LogP contribution in [0.1, 0.15) is 37.0 Å². The van der Waals surface area contributed by atoms with Crippen molar-refractivity contribution in [1.29, 1.82) is 0 Å². The number of rotatable bonds is 6. The van der Waals surface area contributed by atoms with Gasteiger partial charge in [-0.25, -0.2) is 18.2 Å². The molecule has 9 heteroatoms. The van der Waals surface area contributed by atoms with Crippen LogP contribution in [0.15, 0.2) is 60.7 Å². The fourth-order valence-electron chi connectivity index (χ4n) is 4.05. The van der Waals surface area contributed by atoms with E-state index in [-0.39, 0.29) is 18.0 Å². The Morgan fingerprint density at radius 1 is 1.03 bits per heavy atom. The molecule has 2 amide bonds. The molecule has 0 saturated heterocycles. The van der Waals surface area contributed by atoms with E-state index in [9.17, 15) is 27.9 Å². The summed E-state index contributed by atoms with van der Waals surface area (Å²) in [5.74, 6) is -5.86. The first kappa shape index (κ1) is 24.4. The van der Waals surface area contributed by atoms with Crippen LogP contribution in [0, 0.1) is 17.5 Å². The van der Waals surface area contributed by atoms with Crippen LogP contribution in [-0.4, -0.2) is 29.5 Å². The van der Waals surface area contributed by atoms with Crippen molar-refractivity contribution in [1.82, 2.24) is 10.7 Å². The second kappa shape index (κ2) is 9.89. The van der Waals surface area contributed by atoms with Gasteiger partial charge in [0.25, 0.3) is 11.8 Å². The smallest absolute Gasteiger partial charge is 0.255 e. The van der Waals surface area contributed by atoms with Crippen LogP contribution >= 0.6 is 0 Å². The monoisotopic (exact) mass is 483 g/mol. The molecule has 0 radical (unpaired) electrons. The molecule has 0 spiro atoms. The number of hydrazine groups is 1. The summed E-state index contributed by atoms with van der Waals surface area (Å²) in [6.45, 7) is 3.04. The second-order valence-corrected chi connectivity index (χ2v) is 8.42. The van der Waals surface area contributed by atoms with Gasteiger partial charge in [-0.3, -0.25) is 15.0 Å². The number of aliphatic hydroxyl groups excluding tert-OH is 1. The van der Waals surface area contributed by atoms with Crippen LogP contribution in [0.5, 0.6) is 0 Å². The Balaban J connectivity index is 1.50. The highest BCUT2D eigenvalue weighted by Crippen LogP contribution is 2.39. The highest BCUT2D eigenvalue weighted by molar-refractivity contribution is 6.06. The molecule has 35 heavy (non-hydrogen) atoms. The van der Waals surface area contributed by atoms with Crippen molar-refractivity contribution in [3.63, 3.8) is 0 Å². The molecule has 0 aromatic heterocycles. The van der Waals surface area contributed by atoms with Gasteiger partial charge < -0.3 is 10.4 Å². The minimum Gasteiger partial charge on any atom is -0.387 e. The van der Waals surface area contributed by atoms with Crippen LogP contribution in [0.25, 0.3) is 11.1 Å². The zero-order chi connectivity index (χ0) is 25.3. The zero-order valence-electron chi connectivity index (χ0n) is 19.1. The molecule has 0 fully saturated rings. The van der Waals surface area contributed by atoms with Gasteiger partial charge in [-0.15, -0.1) is 0 Å². The summed E-state index contributed by atoms with van der Waals surface area (Å²) in [5, 5.41) is 14.2. The molecule has 0 bridgehead atoms. The summed E-state index contributed by atoms with van der Waals surface area (Å²) in [5.41, 5.74) is 5.52. The number of amides is 2. The number of carbonyl (C=O) groups is 2. The quantitative estimate of drug-likeness (QED) is 0.464. The Morgan fingerprint density at radius 2 is 1.63 bits per heavy atom. The van der Waals surface area contributed by atoms with Crippen molar-refractivity contribution >= 4 is 17.5 Å².